The second-order valence-electron chi connectivity index (χ2n) is 6.35. The molecule has 1 heterocycles. The molecule has 2 atom stereocenters. The molecule has 1 saturated carbocycles. The third-order valence-corrected chi connectivity index (χ3v) is 7.47. The highest BCUT2D eigenvalue weighted by atomic mass is 35.5. The molecule has 2 rings (SSSR count). The van der Waals surface area contributed by atoms with Crippen LogP contribution in [-0.2, 0) is 10.2 Å². The maximum absolute atomic E-state index is 12.7. The van der Waals surface area contributed by atoms with Crippen LogP contribution < -0.4 is 0 Å². The van der Waals surface area contributed by atoms with Crippen LogP contribution in [0.15, 0.2) is 0 Å². The maximum atomic E-state index is 12.7. The molecule has 2 fully saturated rings. The summed E-state index contributed by atoms with van der Waals surface area (Å²) in [6.45, 7) is 3.41. The van der Waals surface area contributed by atoms with Crippen LogP contribution in [0.5, 0.6) is 0 Å². The highest BCUT2D eigenvalue weighted by molar-refractivity contribution is 7.86. The minimum atomic E-state index is -3.30. The van der Waals surface area contributed by atoms with E-state index in [9.17, 15) is 8.42 Å². The molecule has 0 aromatic rings. The molecule has 2 unspecified atom stereocenters. The van der Waals surface area contributed by atoms with Crippen molar-refractivity contribution >= 4 is 21.8 Å². The summed E-state index contributed by atoms with van der Waals surface area (Å²) in [5.41, 5.74) is 0. The molecule has 6 heteroatoms. The molecule has 0 amide bonds. The van der Waals surface area contributed by atoms with Crippen molar-refractivity contribution in [2.75, 3.05) is 26.0 Å². The number of rotatable bonds is 4. The van der Waals surface area contributed by atoms with Gasteiger partial charge in [0, 0.05) is 32.1 Å². The summed E-state index contributed by atoms with van der Waals surface area (Å²) < 4.78 is 28.8. The minimum Gasteiger partial charge on any atom is -0.195 e. The Bertz CT molecular complexity index is 407. The first-order valence-electron chi connectivity index (χ1n) is 7.76. The van der Waals surface area contributed by atoms with Crippen LogP contribution in [0, 0.1) is 11.8 Å². The minimum absolute atomic E-state index is 0.166. The lowest BCUT2D eigenvalue weighted by molar-refractivity contribution is 0.193. The monoisotopic (exact) mass is 322 g/mol. The van der Waals surface area contributed by atoms with Gasteiger partial charge in [-0.05, 0) is 37.5 Å². The summed E-state index contributed by atoms with van der Waals surface area (Å²) in [6.07, 6.45) is 6.28. The Morgan fingerprint density at radius 1 is 1.15 bits per heavy atom. The first-order chi connectivity index (χ1) is 9.46. The SMILES string of the molecule is CC1CCCCC1N(C)S(=O)(=O)N1CCC(CCl)CC1. The number of alkyl halides is 1. The lowest BCUT2D eigenvalue weighted by Crippen LogP contribution is -2.51. The second-order valence-corrected chi connectivity index (χ2v) is 8.65. The molecule has 0 spiro atoms. The van der Waals surface area contributed by atoms with Crippen molar-refractivity contribution in [3.8, 4) is 0 Å². The first-order valence-corrected chi connectivity index (χ1v) is 9.69. The van der Waals surface area contributed by atoms with Crippen molar-refractivity contribution in [2.24, 2.45) is 11.8 Å². The molecule has 20 heavy (non-hydrogen) atoms. The molecule has 0 aromatic heterocycles. The van der Waals surface area contributed by atoms with Crippen LogP contribution in [-0.4, -0.2) is 49.1 Å². The van der Waals surface area contributed by atoms with Crippen LogP contribution in [0.2, 0.25) is 0 Å². The fourth-order valence-electron chi connectivity index (χ4n) is 3.48. The lowest BCUT2D eigenvalue weighted by atomic mass is 9.86. The van der Waals surface area contributed by atoms with Gasteiger partial charge in [-0.15, -0.1) is 11.6 Å². The van der Waals surface area contributed by atoms with E-state index in [0.717, 1.165) is 32.1 Å². The molecule has 4 nitrogen and oxygen atoms in total. The van der Waals surface area contributed by atoms with Crippen molar-refractivity contribution in [3.05, 3.63) is 0 Å². The highest BCUT2D eigenvalue weighted by Crippen LogP contribution is 2.30. The van der Waals surface area contributed by atoms with Gasteiger partial charge in [0.2, 0.25) is 0 Å². The quantitative estimate of drug-likeness (QED) is 0.747. The summed E-state index contributed by atoms with van der Waals surface area (Å²) in [7, 11) is -1.54. The molecule has 1 aliphatic heterocycles. The van der Waals surface area contributed by atoms with Crippen LogP contribution in [0.4, 0.5) is 0 Å². The van der Waals surface area contributed by atoms with Crippen molar-refractivity contribution in [3.63, 3.8) is 0 Å². The highest BCUT2D eigenvalue weighted by Gasteiger charge is 2.37. The van der Waals surface area contributed by atoms with Crippen LogP contribution in [0.3, 0.4) is 0 Å². The first kappa shape index (κ1) is 16.5. The van der Waals surface area contributed by atoms with E-state index in [4.69, 9.17) is 11.6 Å². The molecule has 0 aromatic carbocycles. The fraction of sp³-hybridized carbons (Fsp3) is 1.00. The summed E-state index contributed by atoms with van der Waals surface area (Å²) in [5, 5.41) is 0. The Morgan fingerprint density at radius 2 is 1.75 bits per heavy atom. The molecule has 0 bridgehead atoms. The molecule has 0 N–H and O–H groups in total. The maximum Gasteiger partial charge on any atom is 0.281 e. The Labute approximate surface area is 128 Å². The second kappa shape index (κ2) is 6.95. The fourth-order valence-corrected chi connectivity index (χ4v) is 5.48. The summed E-state index contributed by atoms with van der Waals surface area (Å²) >= 11 is 5.87. The largest absolute Gasteiger partial charge is 0.281 e. The van der Waals surface area contributed by atoms with Gasteiger partial charge in [-0.3, -0.25) is 0 Å². The average Bonchev–Trinajstić information content (AvgIpc) is 2.47. The standard InChI is InChI=1S/C14H27ClN2O2S/c1-12-5-3-4-6-14(12)16(2)20(18,19)17-9-7-13(11-15)8-10-17/h12-14H,3-11H2,1-2H3. The van der Waals surface area contributed by atoms with Gasteiger partial charge in [0.25, 0.3) is 10.2 Å². The van der Waals surface area contributed by atoms with E-state index >= 15 is 0 Å². The zero-order valence-electron chi connectivity index (χ0n) is 12.6. The van der Waals surface area contributed by atoms with Gasteiger partial charge in [0.05, 0.1) is 0 Å². The molecular formula is C14H27ClN2O2S. The van der Waals surface area contributed by atoms with Gasteiger partial charge in [-0.2, -0.15) is 17.0 Å². The molecule has 1 saturated heterocycles. The number of halogens is 1. The normalized spacial score (nSPS) is 30.8. The average molecular weight is 323 g/mol. The van der Waals surface area contributed by atoms with Crippen molar-refractivity contribution < 1.29 is 8.42 Å². The van der Waals surface area contributed by atoms with E-state index in [-0.39, 0.29) is 6.04 Å². The van der Waals surface area contributed by atoms with E-state index < -0.39 is 10.2 Å². The van der Waals surface area contributed by atoms with Gasteiger partial charge in [0.1, 0.15) is 0 Å². The smallest absolute Gasteiger partial charge is 0.195 e. The van der Waals surface area contributed by atoms with Crippen molar-refractivity contribution in [1.82, 2.24) is 8.61 Å². The van der Waals surface area contributed by atoms with Crippen LogP contribution >= 0.6 is 11.6 Å². The number of piperidine rings is 1. The third kappa shape index (κ3) is 3.49. The molecule has 118 valence electrons. The summed E-state index contributed by atoms with van der Waals surface area (Å²) in [6, 6.07) is 0.166. The van der Waals surface area contributed by atoms with Gasteiger partial charge in [0.15, 0.2) is 0 Å². The van der Waals surface area contributed by atoms with Crippen LogP contribution in [0.1, 0.15) is 45.4 Å². The van der Waals surface area contributed by atoms with Crippen LogP contribution in [0.25, 0.3) is 0 Å². The summed E-state index contributed by atoms with van der Waals surface area (Å²) in [4.78, 5) is 0. The number of nitrogens with zero attached hydrogens (tertiary/aromatic N) is 2. The lowest BCUT2D eigenvalue weighted by Gasteiger charge is -2.39. The van der Waals surface area contributed by atoms with E-state index in [1.165, 1.54) is 6.42 Å². The Morgan fingerprint density at radius 3 is 2.30 bits per heavy atom. The topological polar surface area (TPSA) is 40.6 Å². The Hall–Kier alpha value is 0.160. The van der Waals surface area contributed by atoms with Crippen molar-refractivity contribution in [1.29, 1.82) is 0 Å². The Balaban J connectivity index is 2.02. The van der Waals surface area contributed by atoms with Gasteiger partial charge >= 0.3 is 0 Å². The predicted octanol–water partition coefficient (Wildman–Crippen LogP) is 2.69. The molecule has 2 aliphatic rings. The van der Waals surface area contributed by atoms with E-state index in [1.807, 2.05) is 0 Å². The molecular weight excluding hydrogens is 296 g/mol. The van der Waals surface area contributed by atoms with E-state index in [1.54, 1.807) is 15.7 Å². The molecule has 1 aliphatic carbocycles. The molecule has 0 radical (unpaired) electrons. The zero-order valence-corrected chi connectivity index (χ0v) is 14.2. The van der Waals surface area contributed by atoms with Gasteiger partial charge in [-0.1, -0.05) is 19.8 Å². The third-order valence-electron chi connectivity index (χ3n) is 5.02. The summed E-state index contributed by atoms with van der Waals surface area (Å²) in [5.74, 6) is 1.58. The van der Waals surface area contributed by atoms with E-state index in [2.05, 4.69) is 6.92 Å². The van der Waals surface area contributed by atoms with Crippen molar-refractivity contribution in [2.45, 2.75) is 51.5 Å². The Kier molecular flexibility index (Phi) is 5.74. The van der Waals surface area contributed by atoms with Gasteiger partial charge in [-0.25, -0.2) is 0 Å². The number of hydrogen-bond donors (Lipinski definition) is 0. The predicted molar refractivity (Wildman–Crippen MR) is 83.1 cm³/mol. The van der Waals surface area contributed by atoms with E-state index in [0.29, 0.717) is 30.8 Å². The number of hydrogen-bond acceptors (Lipinski definition) is 2. The zero-order chi connectivity index (χ0) is 14.8. The van der Waals surface area contributed by atoms with Gasteiger partial charge < -0.3 is 0 Å².